The molecule has 0 spiro atoms. The summed E-state index contributed by atoms with van der Waals surface area (Å²) in [7, 11) is 0. The Morgan fingerprint density at radius 3 is 1.60 bits per heavy atom. The number of carboxylic acids is 3. The van der Waals surface area contributed by atoms with Crippen molar-refractivity contribution in [3.63, 3.8) is 0 Å². The predicted octanol–water partition coefficient (Wildman–Crippen LogP) is -1.45. The second kappa shape index (κ2) is 7.63. The molecule has 0 aromatic heterocycles. The van der Waals surface area contributed by atoms with E-state index in [4.69, 9.17) is 15.3 Å². The molecule has 0 amide bonds. The molecule has 8 heteroatoms. The van der Waals surface area contributed by atoms with E-state index in [0.29, 0.717) is 0 Å². The summed E-state index contributed by atoms with van der Waals surface area (Å²) in [6, 6.07) is -1.14. The van der Waals surface area contributed by atoms with Crippen LogP contribution in [0.2, 0.25) is 0 Å². The van der Waals surface area contributed by atoms with E-state index in [-0.39, 0.29) is 29.6 Å². The van der Waals surface area contributed by atoms with E-state index in [1.165, 1.54) is 6.92 Å². The number of aliphatic carboxylic acids is 3. The van der Waals surface area contributed by atoms with Crippen LogP contribution in [0.4, 0.5) is 0 Å². The summed E-state index contributed by atoms with van der Waals surface area (Å²) in [5.41, 5.74) is 0. The predicted molar refractivity (Wildman–Crippen MR) is 49.7 cm³/mol. The van der Waals surface area contributed by atoms with Gasteiger partial charge in [0.15, 0.2) is 0 Å². The molecule has 0 aliphatic carbocycles. The minimum Gasteiger partial charge on any atom is -0.480 e. The third-order valence-electron chi connectivity index (χ3n) is 1.58. The van der Waals surface area contributed by atoms with Crippen molar-refractivity contribution >= 4 is 47.5 Å². The Labute approximate surface area is 108 Å². The number of carbonyl (C=O) groups is 3. The monoisotopic (exact) mass is 228 g/mol. The van der Waals surface area contributed by atoms with Crippen LogP contribution in [0.5, 0.6) is 0 Å². The summed E-state index contributed by atoms with van der Waals surface area (Å²) in [6.45, 7) is 0.00769. The number of nitrogens with zero attached hydrogens (tertiary/aromatic N) is 1. The summed E-state index contributed by atoms with van der Waals surface area (Å²) in [5.74, 6) is -3.79. The maximum Gasteiger partial charge on any atom is 0.320 e. The second-order valence-corrected chi connectivity index (χ2v) is 2.71. The Kier molecular flexibility index (Phi) is 8.54. The van der Waals surface area contributed by atoms with Gasteiger partial charge in [-0.15, -0.1) is 0 Å². The molecule has 3 N–H and O–H groups in total. The fourth-order valence-corrected chi connectivity index (χ4v) is 0.833. The Morgan fingerprint density at radius 2 is 1.40 bits per heavy atom. The molecule has 1 atom stereocenters. The Balaban J connectivity index is 0. The SMILES string of the molecule is C[C@@H](C(=O)O)N(CC(=O)O)CC(=O)O.[Na]. The molecule has 0 rings (SSSR count). The van der Waals surface area contributed by atoms with E-state index in [9.17, 15) is 14.4 Å². The van der Waals surface area contributed by atoms with E-state index in [0.717, 1.165) is 4.90 Å². The van der Waals surface area contributed by atoms with Gasteiger partial charge in [0.05, 0.1) is 13.1 Å². The minimum absolute atomic E-state index is 0. The molecule has 0 heterocycles. The maximum atomic E-state index is 10.5. The fraction of sp³-hybridized carbons (Fsp3) is 0.571. The largest absolute Gasteiger partial charge is 0.480 e. The third kappa shape index (κ3) is 7.32. The Hall–Kier alpha value is -0.630. The van der Waals surface area contributed by atoms with Crippen molar-refractivity contribution in [3.8, 4) is 0 Å². The summed E-state index contributed by atoms with van der Waals surface area (Å²) in [6.07, 6.45) is 0. The maximum absolute atomic E-state index is 10.5. The van der Waals surface area contributed by atoms with Gasteiger partial charge in [-0.1, -0.05) is 0 Å². The van der Waals surface area contributed by atoms with Crippen molar-refractivity contribution in [2.24, 2.45) is 0 Å². The van der Waals surface area contributed by atoms with Crippen LogP contribution in [0.3, 0.4) is 0 Å². The molecule has 0 saturated heterocycles. The van der Waals surface area contributed by atoms with E-state index in [1.807, 2.05) is 0 Å². The van der Waals surface area contributed by atoms with E-state index < -0.39 is 37.0 Å². The first-order valence-electron chi connectivity index (χ1n) is 3.75. The van der Waals surface area contributed by atoms with Gasteiger partial charge in [-0.25, -0.2) is 0 Å². The van der Waals surface area contributed by atoms with Crippen molar-refractivity contribution in [2.75, 3.05) is 13.1 Å². The van der Waals surface area contributed by atoms with Gasteiger partial charge in [0, 0.05) is 29.6 Å². The average Bonchev–Trinajstić information content (AvgIpc) is 1.99. The molecule has 0 fully saturated rings. The van der Waals surface area contributed by atoms with Crippen molar-refractivity contribution < 1.29 is 29.7 Å². The first kappa shape index (κ1) is 16.8. The summed E-state index contributed by atoms with van der Waals surface area (Å²) < 4.78 is 0. The van der Waals surface area contributed by atoms with Gasteiger partial charge in [0.25, 0.3) is 0 Å². The molecular weight excluding hydrogens is 217 g/mol. The first-order chi connectivity index (χ1) is 6.34. The van der Waals surface area contributed by atoms with Crippen LogP contribution in [0.1, 0.15) is 6.92 Å². The molecule has 0 aromatic carbocycles. The fourth-order valence-electron chi connectivity index (χ4n) is 0.833. The minimum atomic E-state index is -1.26. The molecule has 15 heavy (non-hydrogen) atoms. The van der Waals surface area contributed by atoms with Gasteiger partial charge in [-0.3, -0.25) is 19.3 Å². The van der Waals surface area contributed by atoms with E-state index in [1.54, 1.807) is 0 Å². The van der Waals surface area contributed by atoms with Crippen molar-refractivity contribution in [3.05, 3.63) is 0 Å². The van der Waals surface area contributed by atoms with Crippen LogP contribution < -0.4 is 0 Å². The molecule has 0 saturated carbocycles. The molecule has 0 aliphatic heterocycles. The van der Waals surface area contributed by atoms with Gasteiger partial charge in [0.2, 0.25) is 0 Å². The van der Waals surface area contributed by atoms with Crippen LogP contribution in [-0.4, -0.2) is 86.8 Å². The zero-order valence-corrected chi connectivity index (χ0v) is 10.5. The van der Waals surface area contributed by atoms with E-state index >= 15 is 0 Å². The Bertz CT molecular complexity index is 240. The van der Waals surface area contributed by atoms with Gasteiger partial charge in [0.1, 0.15) is 6.04 Å². The molecular formula is C7H11NNaO6. The normalized spacial score (nSPS) is 11.6. The molecule has 1 radical (unpaired) electrons. The number of carboxylic acid groups (broad SMARTS) is 3. The Morgan fingerprint density at radius 1 is 1.07 bits per heavy atom. The molecule has 0 aliphatic rings. The van der Waals surface area contributed by atoms with Gasteiger partial charge in [-0.2, -0.15) is 0 Å². The van der Waals surface area contributed by atoms with Crippen LogP contribution >= 0.6 is 0 Å². The van der Waals surface area contributed by atoms with E-state index in [2.05, 4.69) is 0 Å². The van der Waals surface area contributed by atoms with Crippen LogP contribution in [0.25, 0.3) is 0 Å². The summed E-state index contributed by atoms with van der Waals surface area (Å²) >= 11 is 0. The first-order valence-corrected chi connectivity index (χ1v) is 3.75. The number of rotatable bonds is 6. The zero-order chi connectivity index (χ0) is 11.3. The van der Waals surface area contributed by atoms with Gasteiger partial charge >= 0.3 is 17.9 Å². The van der Waals surface area contributed by atoms with Crippen LogP contribution in [-0.2, 0) is 14.4 Å². The smallest absolute Gasteiger partial charge is 0.320 e. The zero-order valence-electron chi connectivity index (χ0n) is 8.51. The summed E-state index contributed by atoms with van der Waals surface area (Å²) in [5, 5.41) is 25.4. The van der Waals surface area contributed by atoms with Crippen LogP contribution in [0, 0.1) is 0 Å². The average molecular weight is 228 g/mol. The standard InChI is InChI=1S/C7H11NO6.Na/c1-4(7(13)14)8(2-5(9)10)3-6(11)12;/h4H,2-3H2,1H3,(H,9,10)(H,11,12)(H,13,14);/t4-;/m0./s1. The van der Waals surface area contributed by atoms with Crippen molar-refractivity contribution in [1.29, 1.82) is 0 Å². The number of hydrogen-bond donors (Lipinski definition) is 3. The van der Waals surface area contributed by atoms with Crippen LogP contribution in [0.15, 0.2) is 0 Å². The molecule has 0 bridgehead atoms. The topological polar surface area (TPSA) is 115 Å². The summed E-state index contributed by atoms with van der Waals surface area (Å²) in [4.78, 5) is 31.9. The van der Waals surface area contributed by atoms with Gasteiger partial charge < -0.3 is 15.3 Å². The van der Waals surface area contributed by atoms with Crippen molar-refractivity contribution in [1.82, 2.24) is 4.90 Å². The molecule has 0 aromatic rings. The molecule has 0 unspecified atom stereocenters. The second-order valence-electron chi connectivity index (χ2n) is 2.71. The third-order valence-corrected chi connectivity index (χ3v) is 1.58. The molecule has 81 valence electrons. The van der Waals surface area contributed by atoms with Crippen molar-refractivity contribution in [2.45, 2.75) is 13.0 Å². The van der Waals surface area contributed by atoms with Gasteiger partial charge in [-0.05, 0) is 6.92 Å². The number of hydrogen-bond acceptors (Lipinski definition) is 4. The quantitative estimate of drug-likeness (QED) is 0.476. The molecule has 7 nitrogen and oxygen atoms in total.